The number of hydrogen-bond donors (Lipinski definition) is 3. The number of aromatic nitrogens is 1. The molecule has 1 aromatic heterocycles. The monoisotopic (exact) mass is 301 g/mol. The second-order valence-corrected chi connectivity index (χ2v) is 4.63. The molecule has 4 N–H and O–H groups in total. The van der Waals surface area contributed by atoms with Gasteiger partial charge in [0.25, 0.3) is 5.91 Å². The number of methoxy groups -OCH3 is 1. The van der Waals surface area contributed by atoms with Crippen LogP contribution < -0.4 is 11.1 Å². The van der Waals surface area contributed by atoms with E-state index in [0.717, 1.165) is 0 Å². The summed E-state index contributed by atoms with van der Waals surface area (Å²) >= 11 is 0. The Bertz CT molecular complexity index is 749. The smallest absolute Gasteiger partial charge is 0.356 e. The summed E-state index contributed by atoms with van der Waals surface area (Å²) in [6.07, 6.45) is 0. The highest BCUT2D eigenvalue weighted by molar-refractivity contribution is 6.08. The van der Waals surface area contributed by atoms with Gasteiger partial charge in [-0.3, -0.25) is 9.59 Å². The highest BCUT2D eigenvalue weighted by Gasteiger charge is 2.18. The Balaban J connectivity index is 2.28. The molecule has 0 saturated carbocycles. The van der Waals surface area contributed by atoms with E-state index in [2.05, 4.69) is 15.0 Å². The van der Waals surface area contributed by atoms with Gasteiger partial charge >= 0.3 is 5.97 Å². The molecule has 0 aliphatic carbocycles. The van der Waals surface area contributed by atoms with Gasteiger partial charge in [-0.25, -0.2) is 4.79 Å². The Morgan fingerprint density at radius 2 is 1.86 bits per heavy atom. The Morgan fingerprint density at radius 3 is 2.50 bits per heavy atom. The number of anilines is 1. The molecule has 2 amide bonds. The first kappa shape index (κ1) is 15.3. The molecule has 0 saturated heterocycles. The van der Waals surface area contributed by atoms with Crippen LogP contribution in [0.4, 0.5) is 5.69 Å². The van der Waals surface area contributed by atoms with Crippen LogP contribution in [0.15, 0.2) is 30.3 Å². The van der Waals surface area contributed by atoms with Crippen molar-refractivity contribution in [1.29, 1.82) is 0 Å². The number of primary amides is 1. The summed E-state index contributed by atoms with van der Waals surface area (Å²) in [6, 6.07) is 7.61. The van der Waals surface area contributed by atoms with Gasteiger partial charge in [-0.05, 0) is 31.2 Å². The van der Waals surface area contributed by atoms with E-state index in [-0.39, 0.29) is 16.8 Å². The van der Waals surface area contributed by atoms with Crippen molar-refractivity contribution in [3.05, 3.63) is 52.8 Å². The van der Waals surface area contributed by atoms with Crippen molar-refractivity contribution in [2.45, 2.75) is 6.92 Å². The number of aryl methyl sites for hydroxylation is 1. The van der Waals surface area contributed by atoms with Crippen LogP contribution in [0.2, 0.25) is 0 Å². The van der Waals surface area contributed by atoms with Gasteiger partial charge in [0.15, 0.2) is 0 Å². The molecule has 22 heavy (non-hydrogen) atoms. The standard InChI is InChI=1S/C15H15N3O4/c1-8-6-11(12(17-8)15(21)22-2)18-14(20)10-5-3-4-9(7-10)13(16)19/h3-7,17H,1-2H3,(H2,16,19)(H,18,20). The van der Waals surface area contributed by atoms with Crippen LogP contribution in [-0.2, 0) is 4.74 Å². The summed E-state index contributed by atoms with van der Waals surface area (Å²) in [5, 5.41) is 2.61. The Morgan fingerprint density at radius 1 is 1.18 bits per heavy atom. The van der Waals surface area contributed by atoms with E-state index in [1.807, 2.05) is 0 Å². The molecule has 114 valence electrons. The van der Waals surface area contributed by atoms with Crippen LogP contribution >= 0.6 is 0 Å². The number of carbonyl (C=O) groups is 3. The Hall–Kier alpha value is -3.09. The van der Waals surface area contributed by atoms with E-state index in [9.17, 15) is 14.4 Å². The predicted molar refractivity (Wildman–Crippen MR) is 79.8 cm³/mol. The van der Waals surface area contributed by atoms with Gasteiger partial charge < -0.3 is 20.8 Å². The number of nitrogens with two attached hydrogens (primary N) is 1. The lowest BCUT2D eigenvalue weighted by Gasteiger charge is -2.06. The van der Waals surface area contributed by atoms with Crippen LogP contribution in [-0.4, -0.2) is 29.9 Å². The quantitative estimate of drug-likeness (QED) is 0.741. The molecule has 2 rings (SSSR count). The summed E-state index contributed by atoms with van der Waals surface area (Å²) in [6.45, 7) is 1.75. The predicted octanol–water partition coefficient (Wildman–Crippen LogP) is 1.46. The number of nitrogens with one attached hydrogen (secondary N) is 2. The lowest BCUT2D eigenvalue weighted by atomic mass is 10.1. The van der Waals surface area contributed by atoms with E-state index >= 15 is 0 Å². The molecular weight excluding hydrogens is 286 g/mol. The van der Waals surface area contributed by atoms with Gasteiger partial charge in [0.1, 0.15) is 5.69 Å². The molecule has 0 fully saturated rings. The maximum atomic E-state index is 12.2. The van der Waals surface area contributed by atoms with Crippen LogP contribution in [0.5, 0.6) is 0 Å². The number of ether oxygens (including phenoxy) is 1. The Labute approximate surface area is 126 Å². The lowest BCUT2D eigenvalue weighted by Crippen LogP contribution is -2.16. The summed E-state index contributed by atoms with van der Waals surface area (Å²) in [7, 11) is 1.25. The molecule has 0 spiro atoms. The Kier molecular flexibility index (Phi) is 4.26. The highest BCUT2D eigenvalue weighted by Crippen LogP contribution is 2.19. The van der Waals surface area contributed by atoms with Gasteiger partial charge in [-0.2, -0.15) is 0 Å². The summed E-state index contributed by atoms with van der Waals surface area (Å²) in [5.41, 5.74) is 6.82. The summed E-state index contributed by atoms with van der Waals surface area (Å²) in [5.74, 6) is -1.68. The SMILES string of the molecule is COC(=O)c1[nH]c(C)cc1NC(=O)c1cccc(C(N)=O)c1. The molecule has 0 unspecified atom stereocenters. The first-order valence-corrected chi connectivity index (χ1v) is 6.41. The first-order valence-electron chi connectivity index (χ1n) is 6.41. The summed E-state index contributed by atoms with van der Waals surface area (Å²) in [4.78, 5) is 37.8. The largest absolute Gasteiger partial charge is 0.464 e. The number of benzene rings is 1. The molecule has 0 atom stereocenters. The van der Waals surface area contributed by atoms with Crippen LogP contribution in [0.1, 0.15) is 36.9 Å². The van der Waals surface area contributed by atoms with Crippen molar-refractivity contribution in [2.24, 2.45) is 5.73 Å². The van der Waals surface area contributed by atoms with Crippen LogP contribution in [0, 0.1) is 6.92 Å². The molecular formula is C15H15N3O4. The maximum absolute atomic E-state index is 12.2. The molecule has 2 aromatic rings. The topological polar surface area (TPSA) is 114 Å². The molecule has 1 aromatic carbocycles. The number of H-pyrrole nitrogens is 1. The first-order chi connectivity index (χ1) is 10.4. The van der Waals surface area contributed by atoms with E-state index in [1.54, 1.807) is 25.1 Å². The molecule has 0 radical (unpaired) electrons. The van der Waals surface area contributed by atoms with E-state index in [0.29, 0.717) is 11.4 Å². The third kappa shape index (κ3) is 3.14. The second-order valence-electron chi connectivity index (χ2n) is 4.63. The molecule has 7 nitrogen and oxygen atoms in total. The van der Waals surface area contributed by atoms with Gasteiger partial charge in [-0.15, -0.1) is 0 Å². The number of rotatable bonds is 4. The van der Waals surface area contributed by atoms with E-state index in [4.69, 9.17) is 5.73 Å². The van der Waals surface area contributed by atoms with Crippen molar-refractivity contribution < 1.29 is 19.1 Å². The summed E-state index contributed by atoms with van der Waals surface area (Å²) < 4.78 is 4.65. The number of aromatic amines is 1. The molecule has 0 bridgehead atoms. The van der Waals surface area contributed by atoms with Gasteiger partial charge in [0, 0.05) is 16.8 Å². The minimum absolute atomic E-state index is 0.152. The average Bonchev–Trinajstić information content (AvgIpc) is 2.87. The maximum Gasteiger partial charge on any atom is 0.356 e. The fraction of sp³-hybridized carbons (Fsp3) is 0.133. The third-order valence-electron chi connectivity index (χ3n) is 3.00. The number of esters is 1. The van der Waals surface area contributed by atoms with Crippen molar-refractivity contribution in [2.75, 3.05) is 12.4 Å². The zero-order valence-electron chi connectivity index (χ0n) is 12.1. The van der Waals surface area contributed by atoms with Crippen LogP contribution in [0.25, 0.3) is 0 Å². The van der Waals surface area contributed by atoms with E-state index in [1.165, 1.54) is 19.2 Å². The van der Waals surface area contributed by atoms with Gasteiger partial charge in [0.2, 0.25) is 5.91 Å². The fourth-order valence-electron chi connectivity index (χ4n) is 1.96. The fourth-order valence-corrected chi connectivity index (χ4v) is 1.96. The van der Waals surface area contributed by atoms with Gasteiger partial charge in [0.05, 0.1) is 12.8 Å². The second kappa shape index (κ2) is 6.13. The number of carbonyl (C=O) groups excluding carboxylic acids is 3. The highest BCUT2D eigenvalue weighted by atomic mass is 16.5. The van der Waals surface area contributed by atoms with Crippen molar-refractivity contribution in [3.63, 3.8) is 0 Å². The zero-order chi connectivity index (χ0) is 16.3. The normalized spacial score (nSPS) is 10.1. The van der Waals surface area contributed by atoms with Gasteiger partial charge in [-0.1, -0.05) is 6.07 Å². The van der Waals surface area contributed by atoms with Crippen molar-refractivity contribution in [3.8, 4) is 0 Å². The zero-order valence-corrected chi connectivity index (χ0v) is 12.1. The average molecular weight is 301 g/mol. The van der Waals surface area contributed by atoms with Crippen molar-refractivity contribution in [1.82, 2.24) is 4.98 Å². The third-order valence-corrected chi connectivity index (χ3v) is 3.00. The van der Waals surface area contributed by atoms with Crippen molar-refractivity contribution >= 4 is 23.5 Å². The molecule has 7 heteroatoms. The molecule has 1 heterocycles. The van der Waals surface area contributed by atoms with Crippen LogP contribution in [0.3, 0.4) is 0 Å². The minimum Gasteiger partial charge on any atom is -0.464 e. The number of amides is 2. The van der Waals surface area contributed by atoms with E-state index < -0.39 is 17.8 Å². The lowest BCUT2D eigenvalue weighted by molar-refractivity contribution is 0.0595. The molecule has 0 aliphatic rings. The number of hydrogen-bond acceptors (Lipinski definition) is 4. The minimum atomic E-state index is -0.623. The molecule has 0 aliphatic heterocycles.